The van der Waals surface area contributed by atoms with E-state index in [4.69, 9.17) is 13.0 Å². The van der Waals surface area contributed by atoms with Gasteiger partial charge in [0.25, 0.3) is 0 Å². The first kappa shape index (κ1) is 16.4. The van der Waals surface area contributed by atoms with E-state index >= 15 is 0 Å². The number of rotatable bonds is 1. The fourth-order valence-corrected chi connectivity index (χ4v) is 0. The zero-order valence-corrected chi connectivity index (χ0v) is 11.0. The molecule has 8 heavy (non-hydrogen) atoms. The van der Waals surface area contributed by atoms with Crippen LogP contribution in [0, 0.1) is 0 Å². The van der Waals surface area contributed by atoms with Gasteiger partial charge in [0.1, 0.15) is 0 Å². The van der Waals surface area contributed by atoms with Gasteiger partial charge in [0.15, 0.2) is 0 Å². The molecule has 46 valence electrons. The van der Waals surface area contributed by atoms with Crippen LogP contribution in [0.25, 0.3) is 0 Å². The van der Waals surface area contributed by atoms with E-state index in [2.05, 4.69) is 0 Å². The molecule has 2 N–H and O–H groups in total. The van der Waals surface area contributed by atoms with E-state index in [1.165, 1.54) is 0 Å². The van der Waals surface area contributed by atoms with Crippen LogP contribution >= 0.6 is 0 Å². The molecule has 0 aromatic heterocycles. The molecule has 0 bridgehead atoms. The molecule has 0 atom stereocenters. The van der Waals surface area contributed by atoms with Crippen LogP contribution in [-0.2, 0) is 14.8 Å². The molecule has 0 rings (SSSR count). The molecular formula is H2CsFO5S. The second-order valence-corrected chi connectivity index (χ2v) is 1.41. The van der Waals surface area contributed by atoms with Crippen LogP contribution in [0.2, 0.25) is 0 Å². The van der Waals surface area contributed by atoms with E-state index in [1.54, 1.807) is 0 Å². The van der Waals surface area contributed by atoms with Crippen molar-refractivity contribution in [1.29, 1.82) is 0 Å². The molecule has 0 fully saturated rings. The monoisotopic (exact) mass is 266 g/mol. The number of halogens is 1. The molecule has 8 heteroatoms. The Hall–Kier alpha value is 1.81. The molecule has 0 spiro atoms. The summed E-state index contributed by atoms with van der Waals surface area (Å²) in [5.41, 5.74) is 0. The first-order chi connectivity index (χ1) is 2.56. The fraction of sp³-hybridized carbons (Fsp3) is 0. The predicted octanol–water partition coefficient (Wildman–Crippen LogP) is -4.47. The van der Waals surface area contributed by atoms with E-state index in [0.717, 1.165) is 0 Å². The molecule has 0 heterocycles. The third-order valence-electron chi connectivity index (χ3n) is 0.0772. The SMILES string of the molecule is O.O=S(=O)([O-])OF.[Cs+]. The van der Waals surface area contributed by atoms with Gasteiger partial charge in [0, 0.05) is 0 Å². The molecule has 0 amide bonds. The maximum atomic E-state index is 10.1. The van der Waals surface area contributed by atoms with Gasteiger partial charge in [0.05, 0.1) is 0 Å². The minimum Gasteiger partial charge on any atom is -0.724 e. The van der Waals surface area contributed by atoms with E-state index in [1.807, 2.05) is 4.39 Å². The van der Waals surface area contributed by atoms with Crippen LogP contribution in [0.3, 0.4) is 0 Å². The Morgan fingerprint density at radius 2 is 1.62 bits per heavy atom. The minimum atomic E-state index is -5.08. The molecule has 0 aliphatic heterocycles. The van der Waals surface area contributed by atoms with E-state index in [0.29, 0.717) is 0 Å². The Balaban J connectivity index is -0.000000125. The Morgan fingerprint density at radius 1 is 1.50 bits per heavy atom. The van der Waals surface area contributed by atoms with E-state index in [-0.39, 0.29) is 74.4 Å². The van der Waals surface area contributed by atoms with Crippen LogP contribution < -0.4 is 68.9 Å². The van der Waals surface area contributed by atoms with Crippen molar-refractivity contribution in [2.45, 2.75) is 0 Å². The summed E-state index contributed by atoms with van der Waals surface area (Å²) in [6.07, 6.45) is 0. The topological polar surface area (TPSA) is 97.9 Å². The standard InChI is InChI=1S/Cs.FHO4S.H2O/c;1-5-6(2,3)4;/h;(H,2,3,4);1H2/q+1;;/p-1. The Morgan fingerprint density at radius 3 is 1.62 bits per heavy atom. The van der Waals surface area contributed by atoms with Gasteiger partial charge in [-0.3, -0.25) is 0 Å². The Labute approximate surface area is 104 Å². The average Bonchev–Trinajstić information content (AvgIpc) is 1.35. The van der Waals surface area contributed by atoms with Crippen molar-refractivity contribution in [2.24, 2.45) is 0 Å². The molecule has 0 unspecified atom stereocenters. The van der Waals surface area contributed by atoms with E-state index in [9.17, 15) is 4.53 Å². The second-order valence-electron chi connectivity index (χ2n) is 0.471. The van der Waals surface area contributed by atoms with Gasteiger partial charge < -0.3 is 10.0 Å². The molecule has 0 aliphatic carbocycles. The quantitative estimate of drug-likeness (QED) is 0.353. The Bertz CT molecular complexity index is 114. The van der Waals surface area contributed by atoms with Crippen molar-refractivity contribution in [2.75, 3.05) is 0 Å². The zero-order chi connectivity index (χ0) is 5.21. The summed E-state index contributed by atoms with van der Waals surface area (Å²) < 4.78 is 38.5. The van der Waals surface area contributed by atoms with Gasteiger partial charge >= 0.3 is 68.9 Å². The largest absolute Gasteiger partial charge is 1.00 e. The molecular weight excluding hydrogens is 264 g/mol. The molecule has 0 saturated heterocycles. The first-order valence-electron chi connectivity index (χ1n) is 0.821. The van der Waals surface area contributed by atoms with Gasteiger partial charge in [-0.1, -0.05) is 4.39 Å². The van der Waals surface area contributed by atoms with Crippen LogP contribution in [0.1, 0.15) is 0 Å². The first-order valence-corrected chi connectivity index (χ1v) is 2.15. The number of hydrogen-bond donors (Lipinski definition) is 0. The summed E-state index contributed by atoms with van der Waals surface area (Å²) in [5.74, 6) is 0. The summed E-state index contributed by atoms with van der Waals surface area (Å²) in [6.45, 7) is 0. The third kappa shape index (κ3) is 15.7. The predicted molar refractivity (Wildman–Crippen MR) is 15.5 cm³/mol. The number of hydrogen-bond acceptors (Lipinski definition) is 4. The smallest absolute Gasteiger partial charge is 0.724 e. The molecule has 0 saturated carbocycles. The minimum absolute atomic E-state index is 0. The molecule has 0 aliphatic rings. The summed E-state index contributed by atoms with van der Waals surface area (Å²) in [4.78, 5) is 0. The summed E-state index contributed by atoms with van der Waals surface area (Å²) in [7, 11) is -5.08. The summed E-state index contributed by atoms with van der Waals surface area (Å²) in [5, 5.41) is 0. The van der Waals surface area contributed by atoms with Gasteiger partial charge in [0.2, 0.25) is 10.4 Å². The van der Waals surface area contributed by atoms with Gasteiger partial charge in [-0.05, 0) is 4.53 Å². The zero-order valence-electron chi connectivity index (χ0n) is 3.92. The summed E-state index contributed by atoms with van der Waals surface area (Å²) in [6, 6.07) is 0. The normalized spacial score (nSPS) is 8.75. The Kier molecular flexibility index (Phi) is 14.2. The van der Waals surface area contributed by atoms with Gasteiger partial charge in [-0.15, -0.1) is 0 Å². The van der Waals surface area contributed by atoms with Crippen molar-refractivity contribution in [1.82, 2.24) is 0 Å². The maximum absolute atomic E-state index is 10.1. The van der Waals surface area contributed by atoms with Crippen LogP contribution in [-0.4, -0.2) is 18.4 Å². The average molecular weight is 266 g/mol. The van der Waals surface area contributed by atoms with Crippen molar-refractivity contribution < 1.29 is 96.3 Å². The van der Waals surface area contributed by atoms with Crippen molar-refractivity contribution in [3.8, 4) is 0 Å². The molecule has 0 aromatic carbocycles. The van der Waals surface area contributed by atoms with Crippen molar-refractivity contribution in [3.63, 3.8) is 0 Å². The maximum Gasteiger partial charge on any atom is 1.00 e. The second kappa shape index (κ2) is 6.93. The molecule has 5 nitrogen and oxygen atoms in total. The van der Waals surface area contributed by atoms with Gasteiger partial charge in [-0.25, -0.2) is 8.42 Å². The summed E-state index contributed by atoms with van der Waals surface area (Å²) >= 11 is 0. The van der Waals surface area contributed by atoms with Gasteiger partial charge in [-0.2, -0.15) is 0 Å². The fourth-order valence-electron chi connectivity index (χ4n) is 0. The van der Waals surface area contributed by atoms with E-state index < -0.39 is 10.4 Å². The van der Waals surface area contributed by atoms with Crippen molar-refractivity contribution in [3.05, 3.63) is 0 Å². The molecule has 0 aromatic rings. The van der Waals surface area contributed by atoms with Crippen molar-refractivity contribution >= 4 is 10.4 Å². The van der Waals surface area contributed by atoms with Crippen LogP contribution in [0.4, 0.5) is 4.53 Å². The van der Waals surface area contributed by atoms with Crippen LogP contribution in [0.5, 0.6) is 0 Å². The van der Waals surface area contributed by atoms with Crippen LogP contribution in [0.15, 0.2) is 0 Å². The third-order valence-corrected chi connectivity index (χ3v) is 0.231. The molecule has 0 radical (unpaired) electrons.